The molecule has 0 aliphatic carbocycles. The number of rotatable bonds is 2. The number of H-pyrrole nitrogens is 1. The standard InChI is InChI=1S/C10H10Cl2N2O3/c11-6-3-7(13-8(6)12)9(15)14-2-1-5(4-14)10(16)17/h3,5,13H,1-2,4H2,(H,16,17). The second-order valence-corrected chi connectivity index (χ2v) is 4.71. The number of carbonyl (C=O) groups excluding carboxylic acids is 1. The SMILES string of the molecule is O=C(O)C1CCN(C(=O)c2cc(Cl)c(Cl)[nH]2)C1. The van der Waals surface area contributed by atoms with Crippen LogP contribution in [0.15, 0.2) is 6.07 Å². The number of carboxylic acids is 1. The van der Waals surface area contributed by atoms with Crippen molar-refractivity contribution in [3.05, 3.63) is 21.9 Å². The normalized spacial score (nSPS) is 19.6. The monoisotopic (exact) mass is 276 g/mol. The molecule has 0 bridgehead atoms. The average molecular weight is 277 g/mol. The van der Waals surface area contributed by atoms with Crippen molar-refractivity contribution in [2.75, 3.05) is 13.1 Å². The van der Waals surface area contributed by atoms with Gasteiger partial charge in [-0.3, -0.25) is 9.59 Å². The van der Waals surface area contributed by atoms with Crippen molar-refractivity contribution in [3.63, 3.8) is 0 Å². The molecule has 0 radical (unpaired) electrons. The van der Waals surface area contributed by atoms with Crippen LogP contribution in [0.1, 0.15) is 16.9 Å². The van der Waals surface area contributed by atoms with E-state index >= 15 is 0 Å². The first-order valence-electron chi connectivity index (χ1n) is 5.05. The molecule has 17 heavy (non-hydrogen) atoms. The maximum absolute atomic E-state index is 12.0. The molecule has 2 rings (SSSR count). The van der Waals surface area contributed by atoms with E-state index in [1.807, 2.05) is 0 Å². The molecule has 1 aliphatic rings. The van der Waals surface area contributed by atoms with E-state index in [2.05, 4.69) is 4.98 Å². The van der Waals surface area contributed by atoms with Gasteiger partial charge in [0.25, 0.3) is 5.91 Å². The molecule has 1 atom stereocenters. The molecule has 1 unspecified atom stereocenters. The van der Waals surface area contributed by atoms with Gasteiger partial charge in [-0.2, -0.15) is 0 Å². The van der Waals surface area contributed by atoms with E-state index in [-0.39, 0.29) is 28.3 Å². The third-order valence-corrected chi connectivity index (χ3v) is 3.47. The van der Waals surface area contributed by atoms with Crippen LogP contribution < -0.4 is 0 Å². The molecule has 0 spiro atoms. The number of nitrogens with zero attached hydrogens (tertiary/aromatic N) is 1. The summed E-state index contributed by atoms with van der Waals surface area (Å²) in [6.45, 7) is 0.659. The number of halogens is 2. The molecule has 1 aromatic rings. The van der Waals surface area contributed by atoms with Gasteiger partial charge >= 0.3 is 5.97 Å². The number of aromatic nitrogens is 1. The average Bonchev–Trinajstić information content (AvgIpc) is 2.86. The second-order valence-electron chi connectivity index (χ2n) is 3.92. The molecule has 5 nitrogen and oxygen atoms in total. The Bertz CT molecular complexity index is 453. The Labute approximate surface area is 107 Å². The van der Waals surface area contributed by atoms with Crippen molar-refractivity contribution in [3.8, 4) is 0 Å². The zero-order valence-electron chi connectivity index (χ0n) is 8.74. The first-order chi connectivity index (χ1) is 7.99. The van der Waals surface area contributed by atoms with Crippen LogP contribution in [0.4, 0.5) is 0 Å². The molecule has 1 amide bonds. The van der Waals surface area contributed by atoms with Crippen LogP contribution in [-0.4, -0.2) is 40.0 Å². The van der Waals surface area contributed by atoms with Gasteiger partial charge in [0.1, 0.15) is 10.8 Å². The number of carbonyl (C=O) groups is 2. The number of likely N-dealkylation sites (tertiary alicyclic amines) is 1. The van der Waals surface area contributed by atoms with Gasteiger partial charge in [-0.15, -0.1) is 0 Å². The van der Waals surface area contributed by atoms with Gasteiger partial charge < -0.3 is 15.0 Å². The summed E-state index contributed by atoms with van der Waals surface area (Å²) >= 11 is 11.4. The van der Waals surface area contributed by atoms with Gasteiger partial charge in [0.2, 0.25) is 0 Å². The Morgan fingerprint density at radius 2 is 2.18 bits per heavy atom. The van der Waals surface area contributed by atoms with E-state index in [1.165, 1.54) is 11.0 Å². The summed E-state index contributed by atoms with van der Waals surface area (Å²) in [7, 11) is 0. The number of amides is 1. The fourth-order valence-corrected chi connectivity index (χ4v) is 2.15. The lowest BCUT2D eigenvalue weighted by Crippen LogP contribution is -2.30. The Morgan fingerprint density at radius 3 is 2.65 bits per heavy atom. The molecule has 7 heteroatoms. The maximum atomic E-state index is 12.0. The molecule has 92 valence electrons. The van der Waals surface area contributed by atoms with Crippen molar-refractivity contribution in [2.45, 2.75) is 6.42 Å². The minimum Gasteiger partial charge on any atom is -0.481 e. The number of hydrogen-bond acceptors (Lipinski definition) is 2. The number of nitrogens with one attached hydrogen (secondary N) is 1. The molecule has 1 aliphatic heterocycles. The van der Waals surface area contributed by atoms with Crippen LogP contribution in [0, 0.1) is 5.92 Å². The first-order valence-corrected chi connectivity index (χ1v) is 5.80. The number of aromatic amines is 1. The van der Waals surface area contributed by atoms with Crippen LogP contribution in [0.5, 0.6) is 0 Å². The lowest BCUT2D eigenvalue weighted by atomic mass is 10.1. The molecule has 2 N–H and O–H groups in total. The Kier molecular flexibility index (Phi) is 3.31. The predicted octanol–water partition coefficient (Wildman–Crippen LogP) is 1.87. The molecule has 0 saturated carbocycles. The molecule has 0 aromatic carbocycles. The minimum atomic E-state index is -0.872. The van der Waals surface area contributed by atoms with E-state index in [0.29, 0.717) is 13.0 Å². The molecule has 1 aromatic heterocycles. The second kappa shape index (κ2) is 4.58. The summed E-state index contributed by atoms with van der Waals surface area (Å²) < 4.78 is 0. The van der Waals surface area contributed by atoms with Crippen molar-refractivity contribution >= 4 is 35.1 Å². The Hall–Kier alpha value is -1.20. The van der Waals surface area contributed by atoms with Crippen LogP contribution in [-0.2, 0) is 4.79 Å². The summed E-state index contributed by atoms with van der Waals surface area (Å²) in [4.78, 5) is 26.9. The van der Waals surface area contributed by atoms with Crippen LogP contribution in [0.3, 0.4) is 0 Å². The van der Waals surface area contributed by atoms with Crippen LogP contribution in [0.25, 0.3) is 0 Å². The fourth-order valence-electron chi connectivity index (χ4n) is 1.84. The summed E-state index contributed by atoms with van der Waals surface area (Å²) in [5, 5.41) is 9.34. The summed E-state index contributed by atoms with van der Waals surface area (Å²) in [5.41, 5.74) is 0.283. The summed E-state index contributed by atoms with van der Waals surface area (Å²) in [6, 6.07) is 1.44. The van der Waals surface area contributed by atoms with Gasteiger partial charge in [-0.1, -0.05) is 23.2 Å². The molecule has 1 saturated heterocycles. The highest BCUT2D eigenvalue weighted by Crippen LogP contribution is 2.24. The topological polar surface area (TPSA) is 73.4 Å². The van der Waals surface area contributed by atoms with E-state index < -0.39 is 11.9 Å². The largest absolute Gasteiger partial charge is 0.481 e. The van der Waals surface area contributed by atoms with Gasteiger partial charge in [0.15, 0.2) is 0 Å². The first kappa shape index (κ1) is 12.3. The smallest absolute Gasteiger partial charge is 0.308 e. The molecular weight excluding hydrogens is 267 g/mol. The third-order valence-electron chi connectivity index (χ3n) is 2.78. The Balaban J connectivity index is 2.09. The van der Waals surface area contributed by atoms with Gasteiger partial charge in [0, 0.05) is 13.1 Å². The van der Waals surface area contributed by atoms with E-state index in [1.54, 1.807) is 0 Å². The quantitative estimate of drug-likeness (QED) is 0.866. The van der Waals surface area contributed by atoms with Crippen LogP contribution in [0.2, 0.25) is 10.2 Å². The lowest BCUT2D eigenvalue weighted by Gasteiger charge is -2.14. The highest BCUT2D eigenvalue weighted by Gasteiger charge is 2.31. The fraction of sp³-hybridized carbons (Fsp3) is 0.400. The van der Waals surface area contributed by atoms with Gasteiger partial charge in [-0.25, -0.2) is 0 Å². The highest BCUT2D eigenvalue weighted by molar-refractivity contribution is 6.41. The van der Waals surface area contributed by atoms with Crippen molar-refractivity contribution in [2.24, 2.45) is 5.92 Å². The van der Waals surface area contributed by atoms with E-state index in [9.17, 15) is 9.59 Å². The van der Waals surface area contributed by atoms with Crippen molar-refractivity contribution in [1.82, 2.24) is 9.88 Å². The summed E-state index contributed by atoms with van der Waals surface area (Å²) in [5.74, 6) is -1.63. The minimum absolute atomic E-state index is 0.212. The predicted molar refractivity (Wildman–Crippen MR) is 62.5 cm³/mol. The van der Waals surface area contributed by atoms with Crippen molar-refractivity contribution in [1.29, 1.82) is 0 Å². The zero-order chi connectivity index (χ0) is 12.6. The lowest BCUT2D eigenvalue weighted by molar-refractivity contribution is -0.141. The maximum Gasteiger partial charge on any atom is 0.308 e. The van der Waals surface area contributed by atoms with Crippen LogP contribution >= 0.6 is 23.2 Å². The molecular formula is C10H10Cl2N2O3. The highest BCUT2D eigenvalue weighted by atomic mass is 35.5. The van der Waals surface area contributed by atoms with Crippen molar-refractivity contribution < 1.29 is 14.7 Å². The number of carboxylic acid groups (broad SMARTS) is 1. The van der Waals surface area contributed by atoms with Gasteiger partial charge in [0.05, 0.1) is 10.9 Å². The summed E-state index contributed by atoms with van der Waals surface area (Å²) in [6.07, 6.45) is 0.475. The van der Waals surface area contributed by atoms with Gasteiger partial charge in [-0.05, 0) is 12.5 Å². The van der Waals surface area contributed by atoms with E-state index in [0.717, 1.165) is 0 Å². The number of aliphatic carboxylic acids is 1. The van der Waals surface area contributed by atoms with E-state index in [4.69, 9.17) is 28.3 Å². The number of hydrogen-bond donors (Lipinski definition) is 2. The molecule has 2 heterocycles. The Morgan fingerprint density at radius 1 is 1.47 bits per heavy atom. The third kappa shape index (κ3) is 2.40. The molecule has 1 fully saturated rings. The zero-order valence-corrected chi connectivity index (χ0v) is 10.3.